The summed E-state index contributed by atoms with van der Waals surface area (Å²) in [4.78, 5) is 18.9. The maximum atomic E-state index is 12.0. The molecule has 1 aliphatic rings. The molecule has 0 amide bonds. The molecule has 1 aliphatic heterocycles. The normalized spacial score (nSPS) is 17.2. The van der Waals surface area contributed by atoms with E-state index in [0.717, 1.165) is 52.9 Å². The summed E-state index contributed by atoms with van der Waals surface area (Å²) in [6, 6.07) is 11.8. The van der Waals surface area contributed by atoms with Gasteiger partial charge in [0.2, 0.25) is 5.89 Å². The molecule has 0 aliphatic carbocycles. The number of aryl methyl sites for hydroxylation is 1. The lowest BCUT2D eigenvalue weighted by Crippen LogP contribution is -2.36. The van der Waals surface area contributed by atoms with Crippen molar-refractivity contribution in [2.45, 2.75) is 32.4 Å². The summed E-state index contributed by atoms with van der Waals surface area (Å²) < 4.78 is 16.4. The maximum absolute atomic E-state index is 12.0. The number of hydrogen-bond acceptors (Lipinski definition) is 6. The number of ether oxygens (including phenoxy) is 2. The fraction of sp³-hybridized carbons (Fsp3) is 0.364. The molecular weight excluding hydrogens is 356 g/mol. The van der Waals surface area contributed by atoms with E-state index < -0.39 is 0 Å². The highest BCUT2D eigenvalue weighted by atomic mass is 16.5. The molecule has 0 bridgehead atoms. The minimum Gasteiger partial charge on any atom is -0.496 e. The molecule has 146 valence electrons. The van der Waals surface area contributed by atoms with Crippen LogP contribution in [0, 0.1) is 6.92 Å². The Bertz CT molecular complexity index is 1010. The van der Waals surface area contributed by atoms with Crippen LogP contribution in [-0.2, 0) is 16.1 Å². The molecule has 1 fully saturated rings. The molecule has 0 unspecified atom stereocenters. The number of hydrogen-bond donors (Lipinski definition) is 0. The summed E-state index contributed by atoms with van der Waals surface area (Å²) in [5, 5.41) is 2.05. The van der Waals surface area contributed by atoms with E-state index in [1.165, 1.54) is 7.11 Å². The van der Waals surface area contributed by atoms with E-state index in [1.54, 1.807) is 7.11 Å². The smallest absolute Gasteiger partial charge is 0.323 e. The van der Waals surface area contributed by atoms with E-state index in [2.05, 4.69) is 4.90 Å². The summed E-state index contributed by atoms with van der Waals surface area (Å²) in [6.45, 7) is 3.34. The summed E-state index contributed by atoms with van der Waals surface area (Å²) in [7, 11) is 3.11. The third-order valence-electron chi connectivity index (χ3n) is 5.42. The van der Waals surface area contributed by atoms with Crippen molar-refractivity contribution in [1.29, 1.82) is 0 Å². The quantitative estimate of drug-likeness (QED) is 0.625. The molecule has 1 atom stereocenters. The van der Waals surface area contributed by atoms with Crippen molar-refractivity contribution in [3.05, 3.63) is 47.9 Å². The lowest BCUT2D eigenvalue weighted by Gasteiger charge is -2.21. The van der Waals surface area contributed by atoms with Gasteiger partial charge >= 0.3 is 5.97 Å². The van der Waals surface area contributed by atoms with E-state index in [1.807, 2.05) is 43.3 Å². The standard InChI is InChI=1S/C22H24N2O4/c1-14-18(13-24-12-6-9-19(24)22(25)27-3)23-21(28-14)17-10-11-20(26-2)16-8-5-4-7-15(16)17/h4-5,7-8,10-11,19H,6,9,12-13H2,1-3H3/t19-/m0/s1. The predicted molar refractivity (Wildman–Crippen MR) is 106 cm³/mol. The van der Waals surface area contributed by atoms with Gasteiger partial charge in [-0.3, -0.25) is 9.69 Å². The first kappa shape index (κ1) is 18.5. The second-order valence-electron chi connectivity index (χ2n) is 7.03. The van der Waals surface area contributed by atoms with Crippen LogP contribution in [0.5, 0.6) is 5.75 Å². The van der Waals surface area contributed by atoms with Gasteiger partial charge in [0.25, 0.3) is 0 Å². The SMILES string of the molecule is COC(=O)[C@@H]1CCCN1Cc1nc(-c2ccc(OC)c3ccccc23)oc1C. The Balaban J connectivity index is 1.67. The Morgan fingerprint density at radius 3 is 2.75 bits per heavy atom. The van der Waals surface area contributed by atoms with Crippen LogP contribution < -0.4 is 4.74 Å². The molecule has 0 saturated carbocycles. The van der Waals surface area contributed by atoms with Crippen molar-refractivity contribution in [2.75, 3.05) is 20.8 Å². The number of fused-ring (bicyclic) bond motifs is 1. The highest BCUT2D eigenvalue weighted by Gasteiger charge is 2.32. The number of methoxy groups -OCH3 is 2. The summed E-state index contributed by atoms with van der Waals surface area (Å²) in [5.74, 6) is 1.99. The highest BCUT2D eigenvalue weighted by molar-refractivity contribution is 5.98. The molecule has 6 heteroatoms. The van der Waals surface area contributed by atoms with E-state index >= 15 is 0 Å². The first-order valence-electron chi connectivity index (χ1n) is 9.46. The van der Waals surface area contributed by atoms with Gasteiger partial charge in [-0.15, -0.1) is 0 Å². The van der Waals surface area contributed by atoms with Gasteiger partial charge in [-0.25, -0.2) is 4.98 Å². The first-order valence-corrected chi connectivity index (χ1v) is 9.46. The zero-order valence-corrected chi connectivity index (χ0v) is 16.4. The van der Waals surface area contributed by atoms with Gasteiger partial charge in [0.15, 0.2) is 0 Å². The lowest BCUT2D eigenvalue weighted by atomic mass is 10.0. The topological polar surface area (TPSA) is 64.8 Å². The fourth-order valence-corrected chi connectivity index (χ4v) is 3.94. The van der Waals surface area contributed by atoms with Crippen LogP contribution in [0.3, 0.4) is 0 Å². The Hall–Kier alpha value is -2.86. The minimum absolute atomic E-state index is 0.181. The van der Waals surface area contributed by atoms with Crippen LogP contribution in [0.15, 0.2) is 40.8 Å². The van der Waals surface area contributed by atoms with Gasteiger partial charge in [0, 0.05) is 17.5 Å². The Kier molecular flexibility index (Phi) is 5.05. The van der Waals surface area contributed by atoms with Crippen LogP contribution in [0.2, 0.25) is 0 Å². The summed E-state index contributed by atoms with van der Waals surface area (Å²) >= 11 is 0. The Morgan fingerprint density at radius 2 is 2.00 bits per heavy atom. The zero-order valence-electron chi connectivity index (χ0n) is 16.4. The van der Waals surface area contributed by atoms with Crippen molar-refractivity contribution in [2.24, 2.45) is 0 Å². The molecule has 0 radical (unpaired) electrons. The number of carbonyl (C=O) groups excluding carboxylic acids is 1. The third kappa shape index (κ3) is 3.24. The van der Waals surface area contributed by atoms with Crippen molar-refractivity contribution >= 4 is 16.7 Å². The summed E-state index contributed by atoms with van der Waals surface area (Å²) in [6.07, 6.45) is 1.80. The van der Waals surface area contributed by atoms with Gasteiger partial charge in [0.1, 0.15) is 17.6 Å². The molecule has 1 saturated heterocycles. The molecule has 4 rings (SSSR count). The third-order valence-corrected chi connectivity index (χ3v) is 5.42. The van der Waals surface area contributed by atoms with Crippen molar-refractivity contribution in [1.82, 2.24) is 9.88 Å². The predicted octanol–water partition coefficient (Wildman–Crippen LogP) is 3.95. The number of nitrogens with zero attached hydrogens (tertiary/aromatic N) is 2. The van der Waals surface area contributed by atoms with Crippen molar-refractivity contribution in [3.63, 3.8) is 0 Å². The number of esters is 1. The highest BCUT2D eigenvalue weighted by Crippen LogP contribution is 2.35. The van der Waals surface area contributed by atoms with E-state index in [-0.39, 0.29) is 12.0 Å². The number of aromatic nitrogens is 1. The van der Waals surface area contributed by atoms with E-state index in [0.29, 0.717) is 12.4 Å². The zero-order chi connectivity index (χ0) is 19.7. The maximum Gasteiger partial charge on any atom is 0.323 e. The number of rotatable bonds is 5. The fourth-order valence-electron chi connectivity index (χ4n) is 3.94. The molecular formula is C22H24N2O4. The Labute approximate surface area is 164 Å². The molecule has 0 spiro atoms. The molecule has 2 aromatic carbocycles. The van der Waals surface area contributed by atoms with Crippen molar-refractivity contribution < 1.29 is 18.7 Å². The average Bonchev–Trinajstić information content (AvgIpc) is 3.33. The minimum atomic E-state index is -0.202. The van der Waals surface area contributed by atoms with Gasteiger partial charge in [0.05, 0.1) is 19.9 Å². The first-order chi connectivity index (χ1) is 13.6. The summed E-state index contributed by atoms with van der Waals surface area (Å²) in [5.41, 5.74) is 1.78. The molecule has 6 nitrogen and oxygen atoms in total. The molecule has 28 heavy (non-hydrogen) atoms. The van der Waals surface area contributed by atoms with Crippen LogP contribution >= 0.6 is 0 Å². The van der Waals surface area contributed by atoms with Gasteiger partial charge in [-0.1, -0.05) is 24.3 Å². The number of likely N-dealkylation sites (tertiary alicyclic amines) is 1. The Morgan fingerprint density at radius 1 is 1.21 bits per heavy atom. The average molecular weight is 380 g/mol. The number of benzene rings is 2. The molecule has 3 aromatic rings. The van der Waals surface area contributed by atoms with Crippen molar-refractivity contribution in [3.8, 4) is 17.2 Å². The molecule has 0 N–H and O–H groups in total. The molecule has 1 aromatic heterocycles. The van der Waals surface area contributed by atoms with E-state index in [9.17, 15) is 4.79 Å². The second kappa shape index (κ2) is 7.64. The van der Waals surface area contributed by atoms with Gasteiger partial charge in [-0.2, -0.15) is 0 Å². The van der Waals surface area contributed by atoms with Crippen LogP contribution in [0.4, 0.5) is 0 Å². The molecule has 2 heterocycles. The van der Waals surface area contributed by atoms with Gasteiger partial charge in [-0.05, 0) is 43.8 Å². The van der Waals surface area contributed by atoms with Crippen LogP contribution in [0.1, 0.15) is 24.3 Å². The monoisotopic (exact) mass is 380 g/mol. The van der Waals surface area contributed by atoms with Crippen LogP contribution in [-0.4, -0.2) is 42.7 Å². The lowest BCUT2D eigenvalue weighted by molar-refractivity contribution is -0.146. The van der Waals surface area contributed by atoms with E-state index in [4.69, 9.17) is 18.9 Å². The number of oxazole rings is 1. The second-order valence-corrected chi connectivity index (χ2v) is 7.03. The van der Waals surface area contributed by atoms with Crippen LogP contribution in [0.25, 0.3) is 22.2 Å². The van der Waals surface area contributed by atoms with Gasteiger partial charge < -0.3 is 13.9 Å². The largest absolute Gasteiger partial charge is 0.496 e. The number of carbonyl (C=O) groups is 1.